The van der Waals surface area contributed by atoms with Crippen molar-refractivity contribution < 1.29 is 9.59 Å². The van der Waals surface area contributed by atoms with E-state index >= 15 is 0 Å². The van der Waals surface area contributed by atoms with Gasteiger partial charge in [-0.25, -0.2) is 4.79 Å². The van der Waals surface area contributed by atoms with Crippen LogP contribution < -0.4 is 16.0 Å². The highest BCUT2D eigenvalue weighted by atomic mass is 16.2. The van der Waals surface area contributed by atoms with Gasteiger partial charge in [-0.15, -0.1) is 0 Å². The molecule has 150 valence electrons. The lowest BCUT2D eigenvalue weighted by atomic mass is 9.99. The van der Waals surface area contributed by atoms with Crippen LogP contribution in [0.25, 0.3) is 0 Å². The summed E-state index contributed by atoms with van der Waals surface area (Å²) in [4.78, 5) is 30.1. The second kappa shape index (κ2) is 9.94. The Morgan fingerprint density at radius 3 is 2.70 bits per heavy atom. The molecule has 27 heavy (non-hydrogen) atoms. The van der Waals surface area contributed by atoms with Crippen molar-refractivity contribution in [1.29, 1.82) is 0 Å². The molecule has 0 bridgehead atoms. The van der Waals surface area contributed by atoms with Crippen LogP contribution in [0.2, 0.25) is 0 Å². The summed E-state index contributed by atoms with van der Waals surface area (Å²) in [7, 11) is 0. The van der Waals surface area contributed by atoms with Crippen LogP contribution in [0.1, 0.15) is 40.0 Å². The molecule has 0 aromatic carbocycles. The van der Waals surface area contributed by atoms with E-state index in [1.807, 2.05) is 30.8 Å². The van der Waals surface area contributed by atoms with Crippen LogP contribution in [-0.2, 0) is 11.3 Å². The fourth-order valence-electron chi connectivity index (χ4n) is 2.83. The quantitative estimate of drug-likeness (QED) is 0.244. The highest BCUT2D eigenvalue weighted by Crippen LogP contribution is 2.20. The van der Waals surface area contributed by atoms with E-state index in [2.05, 4.69) is 26.0 Å². The Labute approximate surface area is 160 Å². The van der Waals surface area contributed by atoms with Gasteiger partial charge in [0.25, 0.3) is 5.91 Å². The van der Waals surface area contributed by atoms with E-state index in [9.17, 15) is 9.59 Å². The largest absolute Gasteiger partial charge is 0.357 e. The first-order valence-corrected chi connectivity index (χ1v) is 9.64. The topological polar surface area (TPSA) is 104 Å². The Kier molecular flexibility index (Phi) is 7.63. The minimum Gasteiger partial charge on any atom is -0.357 e. The SMILES string of the molecule is CCNC(=NCCCN1C(=O)NC(C)(CC)C1=O)NCCCn1cccn1. The minimum atomic E-state index is -0.772. The zero-order valence-corrected chi connectivity index (χ0v) is 16.5. The van der Waals surface area contributed by atoms with E-state index < -0.39 is 5.54 Å². The molecule has 3 N–H and O–H groups in total. The van der Waals surface area contributed by atoms with Crippen molar-refractivity contribution in [3.05, 3.63) is 18.5 Å². The summed E-state index contributed by atoms with van der Waals surface area (Å²) in [6, 6.07) is 1.60. The summed E-state index contributed by atoms with van der Waals surface area (Å²) in [6.45, 7) is 8.99. The minimum absolute atomic E-state index is 0.150. The molecule has 9 nitrogen and oxygen atoms in total. The fourth-order valence-corrected chi connectivity index (χ4v) is 2.83. The number of hydrogen-bond donors (Lipinski definition) is 3. The number of hydrogen-bond acceptors (Lipinski definition) is 4. The van der Waals surface area contributed by atoms with E-state index in [-0.39, 0.29) is 11.9 Å². The molecule has 0 aliphatic carbocycles. The van der Waals surface area contributed by atoms with Gasteiger partial charge in [0.2, 0.25) is 0 Å². The molecule has 3 amide bonds. The summed E-state index contributed by atoms with van der Waals surface area (Å²) >= 11 is 0. The van der Waals surface area contributed by atoms with E-state index in [0.717, 1.165) is 32.0 Å². The molecule has 1 aromatic heterocycles. The Bertz CT molecular complexity index is 644. The van der Waals surface area contributed by atoms with Crippen LogP contribution in [0.15, 0.2) is 23.5 Å². The maximum Gasteiger partial charge on any atom is 0.325 e. The molecule has 2 rings (SSSR count). The average molecular weight is 377 g/mol. The highest BCUT2D eigenvalue weighted by Gasteiger charge is 2.45. The molecule has 0 saturated carbocycles. The van der Waals surface area contributed by atoms with Gasteiger partial charge in [0.05, 0.1) is 0 Å². The Morgan fingerprint density at radius 2 is 2.07 bits per heavy atom. The second-order valence-corrected chi connectivity index (χ2v) is 6.74. The number of nitrogens with zero attached hydrogens (tertiary/aromatic N) is 4. The number of carbonyl (C=O) groups excluding carboxylic acids is 2. The summed E-state index contributed by atoms with van der Waals surface area (Å²) < 4.78 is 1.90. The Morgan fingerprint density at radius 1 is 1.26 bits per heavy atom. The van der Waals surface area contributed by atoms with Gasteiger partial charge in [-0.3, -0.25) is 19.4 Å². The lowest BCUT2D eigenvalue weighted by Gasteiger charge is -2.19. The van der Waals surface area contributed by atoms with E-state index in [1.165, 1.54) is 4.90 Å². The van der Waals surface area contributed by atoms with Crippen LogP contribution in [0.5, 0.6) is 0 Å². The van der Waals surface area contributed by atoms with Crippen molar-refractivity contribution >= 4 is 17.9 Å². The highest BCUT2D eigenvalue weighted by molar-refractivity contribution is 6.06. The molecule has 1 saturated heterocycles. The number of aryl methyl sites for hydroxylation is 1. The van der Waals surface area contributed by atoms with Crippen LogP contribution in [-0.4, -0.2) is 64.3 Å². The van der Waals surface area contributed by atoms with Crippen LogP contribution >= 0.6 is 0 Å². The van der Waals surface area contributed by atoms with Gasteiger partial charge in [-0.05, 0) is 39.2 Å². The number of amides is 3. The van der Waals surface area contributed by atoms with E-state index in [1.54, 1.807) is 13.1 Å². The zero-order chi connectivity index (χ0) is 19.7. The van der Waals surface area contributed by atoms with Gasteiger partial charge in [0.1, 0.15) is 5.54 Å². The zero-order valence-electron chi connectivity index (χ0n) is 16.5. The van der Waals surface area contributed by atoms with Crippen LogP contribution in [0, 0.1) is 0 Å². The molecule has 0 spiro atoms. The van der Waals surface area contributed by atoms with Gasteiger partial charge < -0.3 is 16.0 Å². The fraction of sp³-hybridized carbons (Fsp3) is 0.667. The first-order valence-electron chi connectivity index (χ1n) is 9.64. The standard InChI is InChI=1S/C18H31N7O2/c1-4-18(3)15(26)25(17(27)23-18)14-7-10-21-16(19-5-2)20-9-6-12-24-13-8-11-22-24/h8,11,13H,4-7,9-10,12,14H2,1-3H3,(H,23,27)(H2,19,20,21). The molecule has 1 aromatic rings. The summed E-state index contributed by atoms with van der Waals surface area (Å²) in [5.41, 5.74) is -0.772. The van der Waals surface area contributed by atoms with Crippen LogP contribution in [0.3, 0.4) is 0 Å². The first kappa shape index (κ1) is 20.7. The number of carbonyl (C=O) groups is 2. The van der Waals surface area contributed by atoms with E-state index in [0.29, 0.717) is 25.9 Å². The van der Waals surface area contributed by atoms with E-state index in [4.69, 9.17) is 0 Å². The molecule has 2 heterocycles. The van der Waals surface area contributed by atoms with Crippen molar-refractivity contribution in [2.75, 3.05) is 26.2 Å². The lowest BCUT2D eigenvalue weighted by Crippen LogP contribution is -2.43. The van der Waals surface area contributed by atoms with Crippen LogP contribution in [0.4, 0.5) is 4.79 Å². The molecule has 1 fully saturated rings. The summed E-state index contributed by atoms with van der Waals surface area (Å²) in [6.07, 6.45) is 5.86. The molecule has 1 atom stereocenters. The Balaban J connectivity index is 1.72. The second-order valence-electron chi connectivity index (χ2n) is 6.74. The summed E-state index contributed by atoms with van der Waals surface area (Å²) in [5, 5.41) is 13.4. The number of imide groups is 1. The van der Waals surface area contributed by atoms with Crippen molar-refractivity contribution in [3.8, 4) is 0 Å². The number of aliphatic imine (C=N–C) groups is 1. The van der Waals surface area contributed by atoms with Gasteiger partial charge in [-0.2, -0.15) is 5.10 Å². The normalized spacial score (nSPS) is 20.1. The number of nitrogens with one attached hydrogen (secondary N) is 3. The first-order chi connectivity index (χ1) is 13.0. The van der Waals surface area contributed by atoms with Crippen molar-refractivity contribution in [1.82, 2.24) is 30.6 Å². The third-order valence-electron chi connectivity index (χ3n) is 4.62. The molecular weight excluding hydrogens is 346 g/mol. The number of urea groups is 1. The van der Waals surface area contributed by atoms with Gasteiger partial charge >= 0.3 is 6.03 Å². The molecule has 9 heteroatoms. The Hall–Kier alpha value is -2.58. The molecule has 0 radical (unpaired) electrons. The van der Waals surface area contributed by atoms with Gasteiger partial charge in [-0.1, -0.05) is 6.92 Å². The maximum absolute atomic E-state index is 12.3. The molecule has 1 unspecified atom stereocenters. The predicted molar refractivity (Wildman–Crippen MR) is 104 cm³/mol. The van der Waals surface area contributed by atoms with Crippen molar-refractivity contribution in [3.63, 3.8) is 0 Å². The number of rotatable bonds is 10. The average Bonchev–Trinajstić information content (AvgIpc) is 3.24. The maximum atomic E-state index is 12.3. The summed E-state index contributed by atoms with van der Waals surface area (Å²) in [5.74, 6) is 0.594. The third-order valence-corrected chi connectivity index (χ3v) is 4.62. The predicted octanol–water partition coefficient (Wildman–Crippen LogP) is 0.939. The molecule has 1 aliphatic rings. The third kappa shape index (κ3) is 5.70. The van der Waals surface area contributed by atoms with Gasteiger partial charge in [0.15, 0.2) is 5.96 Å². The number of aromatic nitrogens is 2. The number of guanidine groups is 1. The molecule has 1 aliphatic heterocycles. The van der Waals surface area contributed by atoms with Crippen molar-refractivity contribution in [2.45, 2.75) is 52.1 Å². The van der Waals surface area contributed by atoms with Crippen molar-refractivity contribution in [2.24, 2.45) is 4.99 Å². The smallest absolute Gasteiger partial charge is 0.325 e. The lowest BCUT2D eigenvalue weighted by molar-refractivity contribution is -0.130. The monoisotopic (exact) mass is 377 g/mol. The molecular formula is C18H31N7O2. The van der Waals surface area contributed by atoms with Gasteiger partial charge in [0, 0.05) is 45.1 Å².